The molecule has 0 bridgehead atoms. The first-order valence-corrected chi connectivity index (χ1v) is 6.31. The van der Waals surface area contributed by atoms with Gasteiger partial charge in [0, 0.05) is 18.9 Å². The van der Waals surface area contributed by atoms with Gasteiger partial charge in [0.2, 0.25) is 5.95 Å². The van der Waals surface area contributed by atoms with Gasteiger partial charge in [-0.05, 0) is 24.6 Å². The van der Waals surface area contributed by atoms with Crippen LogP contribution in [0.1, 0.15) is 19.8 Å². The number of hydrogen-bond acceptors (Lipinski definition) is 2. The summed E-state index contributed by atoms with van der Waals surface area (Å²) >= 11 is 5.96. The number of anilines is 2. The molecule has 2 aromatic rings. The lowest BCUT2D eigenvalue weighted by atomic mass is 10.3. The van der Waals surface area contributed by atoms with E-state index in [1.807, 2.05) is 10.8 Å². The standard InChI is InChI=1S/C13H15ClFN3/c1-2-3-7-18-8-6-16-13(18)17-12-5-4-10(15)9-11(12)14/h4-6,8-9H,2-3,7H2,1H3,(H,16,17). The van der Waals surface area contributed by atoms with Gasteiger partial charge < -0.3 is 9.88 Å². The second kappa shape index (κ2) is 5.87. The van der Waals surface area contributed by atoms with E-state index < -0.39 is 0 Å². The number of halogens is 2. The minimum atomic E-state index is -0.347. The van der Waals surface area contributed by atoms with E-state index in [-0.39, 0.29) is 5.82 Å². The van der Waals surface area contributed by atoms with Crippen molar-refractivity contribution in [2.75, 3.05) is 5.32 Å². The predicted octanol–water partition coefficient (Wildman–Crippen LogP) is 4.22. The summed E-state index contributed by atoms with van der Waals surface area (Å²) in [6.45, 7) is 3.04. The minimum Gasteiger partial charge on any atom is -0.324 e. The first-order valence-electron chi connectivity index (χ1n) is 5.94. The van der Waals surface area contributed by atoms with E-state index in [2.05, 4.69) is 17.2 Å². The van der Waals surface area contributed by atoms with Gasteiger partial charge >= 0.3 is 0 Å². The third-order valence-corrected chi connectivity index (χ3v) is 2.96. The Bertz CT molecular complexity index is 525. The van der Waals surface area contributed by atoms with Crippen LogP contribution in [0.15, 0.2) is 30.6 Å². The highest BCUT2D eigenvalue weighted by molar-refractivity contribution is 6.33. The number of imidazole rings is 1. The predicted molar refractivity (Wildman–Crippen MR) is 71.8 cm³/mol. The number of rotatable bonds is 5. The van der Waals surface area contributed by atoms with Crippen LogP contribution in [0.3, 0.4) is 0 Å². The number of benzene rings is 1. The summed E-state index contributed by atoms with van der Waals surface area (Å²) < 4.78 is 15.0. The molecule has 0 aliphatic rings. The Labute approximate surface area is 111 Å². The number of aromatic nitrogens is 2. The summed E-state index contributed by atoms with van der Waals surface area (Å²) in [5.41, 5.74) is 0.655. The highest BCUT2D eigenvalue weighted by atomic mass is 35.5. The molecule has 1 heterocycles. The van der Waals surface area contributed by atoms with Crippen LogP contribution in [-0.4, -0.2) is 9.55 Å². The summed E-state index contributed by atoms with van der Waals surface area (Å²) in [7, 11) is 0. The Hall–Kier alpha value is -1.55. The van der Waals surface area contributed by atoms with Gasteiger partial charge in [0.25, 0.3) is 0 Å². The summed E-state index contributed by atoms with van der Waals surface area (Å²) in [4.78, 5) is 4.23. The fraction of sp³-hybridized carbons (Fsp3) is 0.308. The fourth-order valence-corrected chi connectivity index (χ4v) is 1.87. The maximum Gasteiger partial charge on any atom is 0.207 e. The molecule has 1 aromatic heterocycles. The maximum atomic E-state index is 12.9. The highest BCUT2D eigenvalue weighted by Gasteiger charge is 2.06. The molecule has 0 spiro atoms. The monoisotopic (exact) mass is 267 g/mol. The normalized spacial score (nSPS) is 10.6. The number of hydrogen-bond donors (Lipinski definition) is 1. The van der Waals surface area contributed by atoms with Gasteiger partial charge in [-0.1, -0.05) is 24.9 Å². The van der Waals surface area contributed by atoms with Gasteiger partial charge in [-0.3, -0.25) is 0 Å². The topological polar surface area (TPSA) is 29.9 Å². The average Bonchev–Trinajstić information content (AvgIpc) is 2.77. The van der Waals surface area contributed by atoms with Gasteiger partial charge in [0.1, 0.15) is 5.82 Å². The van der Waals surface area contributed by atoms with Crippen LogP contribution in [-0.2, 0) is 6.54 Å². The van der Waals surface area contributed by atoms with Gasteiger partial charge in [-0.25, -0.2) is 9.37 Å². The van der Waals surface area contributed by atoms with Crippen LogP contribution in [0.2, 0.25) is 5.02 Å². The number of nitrogens with one attached hydrogen (secondary N) is 1. The van der Waals surface area contributed by atoms with Gasteiger partial charge in [-0.2, -0.15) is 0 Å². The molecule has 1 aromatic carbocycles. The van der Waals surface area contributed by atoms with Crippen LogP contribution < -0.4 is 5.32 Å². The second-order valence-corrected chi connectivity index (χ2v) is 4.45. The van der Waals surface area contributed by atoms with Crippen molar-refractivity contribution < 1.29 is 4.39 Å². The first-order chi connectivity index (χ1) is 8.70. The first kappa shape index (κ1) is 12.9. The Morgan fingerprint density at radius 1 is 1.44 bits per heavy atom. The van der Waals surface area contributed by atoms with Crippen LogP contribution in [0.4, 0.5) is 16.0 Å². The molecule has 1 N–H and O–H groups in total. The van der Waals surface area contributed by atoms with Gasteiger partial charge in [-0.15, -0.1) is 0 Å². The van der Waals surface area contributed by atoms with Crippen molar-refractivity contribution in [1.82, 2.24) is 9.55 Å². The summed E-state index contributed by atoms with van der Waals surface area (Å²) in [6.07, 6.45) is 5.85. The Morgan fingerprint density at radius 2 is 2.28 bits per heavy atom. The third kappa shape index (κ3) is 3.01. The van der Waals surface area contributed by atoms with Crippen molar-refractivity contribution in [2.45, 2.75) is 26.3 Å². The quantitative estimate of drug-likeness (QED) is 0.879. The Morgan fingerprint density at radius 3 is 3.00 bits per heavy atom. The van der Waals surface area contributed by atoms with Crippen molar-refractivity contribution in [1.29, 1.82) is 0 Å². The zero-order chi connectivity index (χ0) is 13.0. The number of nitrogens with zero attached hydrogens (tertiary/aromatic N) is 2. The van der Waals surface area contributed by atoms with Gasteiger partial charge in [0.05, 0.1) is 10.7 Å². The average molecular weight is 268 g/mol. The maximum absolute atomic E-state index is 12.9. The number of aryl methyl sites for hydroxylation is 1. The largest absolute Gasteiger partial charge is 0.324 e. The molecule has 18 heavy (non-hydrogen) atoms. The van der Waals surface area contributed by atoms with Crippen LogP contribution >= 0.6 is 11.6 Å². The van der Waals surface area contributed by atoms with Crippen LogP contribution in [0.25, 0.3) is 0 Å². The molecule has 0 saturated carbocycles. The lowest BCUT2D eigenvalue weighted by molar-refractivity contribution is 0.628. The smallest absolute Gasteiger partial charge is 0.207 e. The van der Waals surface area contributed by atoms with E-state index in [1.54, 1.807) is 12.3 Å². The van der Waals surface area contributed by atoms with E-state index in [9.17, 15) is 4.39 Å². The van der Waals surface area contributed by atoms with E-state index in [1.165, 1.54) is 12.1 Å². The zero-order valence-electron chi connectivity index (χ0n) is 10.2. The second-order valence-electron chi connectivity index (χ2n) is 4.05. The van der Waals surface area contributed by atoms with E-state index in [0.29, 0.717) is 10.7 Å². The molecule has 0 amide bonds. The molecule has 0 radical (unpaired) electrons. The van der Waals surface area contributed by atoms with E-state index >= 15 is 0 Å². The lowest BCUT2D eigenvalue weighted by Crippen LogP contribution is -2.03. The molecule has 0 saturated heterocycles. The summed E-state index contributed by atoms with van der Waals surface area (Å²) in [5, 5.41) is 3.46. The summed E-state index contributed by atoms with van der Waals surface area (Å²) in [5.74, 6) is 0.372. The van der Waals surface area contributed by atoms with Crippen molar-refractivity contribution in [3.63, 3.8) is 0 Å². The molecular formula is C13H15ClFN3. The molecule has 5 heteroatoms. The molecule has 96 valence electrons. The molecular weight excluding hydrogens is 253 g/mol. The number of unbranched alkanes of at least 4 members (excludes halogenated alkanes) is 1. The van der Waals surface area contributed by atoms with Crippen molar-refractivity contribution in [3.8, 4) is 0 Å². The molecule has 3 nitrogen and oxygen atoms in total. The van der Waals surface area contributed by atoms with E-state index in [4.69, 9.17) is 11.6 Å². The van der Waals surface area contributed by atoms with Crippen molar-refractivity contribution in [2.24, 2.45) is 0 Å². The molecule has 0 unspecified atom stereocenters. The Kier molecular flexibility index (Phi) is 4.20. The lowest BCUT2D eigenvalue weighted by Gasteiger charge is -2.10. The Balaban J connectivity index is 2.15. The SMILES string of the molecule is CCCCn1ccnc1Nc1ccc(F)cc1Cl. The molecule has 0 fully saturated rings. The van der Waals surface area contributed by atoms with Crippen LogP contribution in [0.5, 0.6) is 0 Å². The van der Waals surface area contributed by atoms with Crippen LogP contribution in [0, 0.1) is 5.82 Å². The zero-order valence-corrected chi connectivity index (χ0v) is 10.9. The highest BCUT2D eigenvalue weighted by Crippen LogP contribution is 2.25. The third-order valence-electron chi connectivity index (χ3n) is 2.65. The molecule has 2 rings (SSSR count). The molecule has 0 atom stereocenters. The van der Waals surface area contributed by atoms with Gasteiger partial charge in [0.15, 0.2) is 0 Å². The summed E-state index contributed by atoms with van der Waals surface area (Å²) in [6, 6.07) is 4.26. The van der Waals surface area contributed by atoms with Crippen molar-refractivity contribution >= 4 is 23.2 Å². The molecule has 0 aliphatic carbocycles. The fourth-order valence-electron chi connectivity index (χ4n) is 1.65. The molecule has 0 aliphatic heterocycles. The van der Waals surface area contributed by atoms with Crippen molar-refractivity contribution in [3.05, 3.63) is 41.4 Å². The van der Waals surface area contributed by atoms with E-state index in [0.717, 1.165) is 25.3 Å². The minimum absolute atomic E-state index is 0.347.